The van der Waals surface area contributed by atoms with Gasteiger partial charge in [-0.05, 0) is 48.4 Å². The Balaban J connectivity index is 1.88. The smallest absolute Gasteiger partial charge is 0.190 e. The molecule has 6 nitrogen and oxygen atoms in total. The summed E-state index contributed by atoms with van der Waals surface area (Å²) in [5, 5.41) is 18.2. The molecule has 3 aromatic heterocycles. The van der Waals surface area contributed by atoms with E-state index in [9.17, 15) is 5.11 Å². The minimum Gasteiger partial charge on any atom is -0.463 e. The number of aliphatic hydroxyl groups excluding tert-OH is 1. The number of hydrogen-bond donors (Lipinski definition) is 1. The van der Waals surface area contributed by atoms with Crippen LogP contribution in [0.3, 0.4) is 0 Å². The second-order valence-electron chi connectivity index (χ2n) is 5.67. The van der Waals surface area contributed by atoms with Crippen molar-refractivity contribution in [3.63, 3.8) is 0 Å². The molecule has 25 heavy (non-hydrogen) atoms. The van der Waals surface area contributed by atoms with E-state index in [0.717, 1.165) is 16.8 Å². The highest BCUT2D eigenvalue weighted by Gasteiger charge is 2.16. The van der Waals surface area contributed by atoms with Gasteiger partial charge in [0.25, 0.3) is 0 Å². The van der Waals surface area contributed by atoms with Gasteiger partial charge in [-0.2, -0.15) is 0 Å². The van der Waals surface area contributed by atoms with Crippen LogP contribution in [0.15, 0.2) is 75.6 Å². The number of furan rings is 1. The van der Waals surface area contributed by atoms with Gasteiger partial charge in [-0.3, -0.25) is 4.40 Å². The van der Waals surface area contributed by atoms with Crippen molar-refractivity contribution in [1.29, 1.82) is 0 Å². The fraction of sp³-hybridized carbons (Fsp3) is 0.105. The first-order valence-electron chi connectivity index (χ1n) is 7.89. The zero-order chi connectivity index (χ0) is 17.2. The molecule has 0 fully saturated rings. The quantitative estimate of drug-likeness (QED) is 0.545. The van der Waals surface area contributed by atoms with Crippen LogP contribution in [0.5, 0.6) is 0 Å². The molecular weight excluding hydrogens is 316 g/mol. The highest BCUT2D eigenvalue weighted by atomic mass is 16.3. The maximum absolute atomic E-state index is 9.34. The fourth-order valence-corrected chi connectivity index (χ4v) is 2.62. The number of aromatic nitrogens is 2. The molecule has 0 aliphatic rings. The Morgan fingerprint density at radius 2 is 2.00 bits per heavy atom. The highest BCUT2D eigenvalue weighted by Crippen LogP contribution is 2.33. The summed E-state index contributed by atoms with van der Waals surface area (Å²) >= 11 is 0. The van der Waals surface area contributed by atoms with E-state index in [1.54, 1.807) is 12.3 Å². The van der Waals surface area contributed by atoms with Gasteiger partial charge in [0, 0.05) is 6.20 Å². The van der Waals surface area contributed by atoms with Gasteiger partial charge in [0.15, 0.2) is 17.3 Å². The molecule has 6 heteroatoms. The zero-order valence-electron chi connectivity index (χ0n) is 13.6. The summed E-state index contributed by atoms with van der Waals surface area (Å²) in [6, 6.07) is 15.1. The molecule has 4 aromatic rings. The largest absolute Gasteiger partial charge is 0.463 e. The van der Waals surface area contributed by atoms with Crippen LogP contribution in [0.1, 0.15) is 11.1 Å². The first-order valence-corrected chi connectivity index (χ1v) is 7.89. The van der Waals surface area contributed by atoms with Crippen LogP contribution < -0.4 is 0 Å². The van der Waals surface area contributed by atoms with E-state index in [0.29, 0.717) is 22.9 Å². The normalized spacial score (nSPS) is 11.6. The summed E-state index contributed by atoms with van der Waals surface area (Å²) < 4.78 is 7.33. The average Bonchev–Trinajstić information content (AvgIpc) is 3.28. The summed E-state index contributed by atoms with van der Waals surface area (Å²) in [6.45, 7) is 1.95. The van der Waals surface area contributed by atoms with E-state index in [1.165, 1.54) is 0 Å². The lowest BCUT2D eigenvalue weighted by atomic mass is 10.2. The van der Waals surface area contributed by atoms with Gasteiger partial charge < -0.3 is 9.52 Å². The minimum absolute atomic E-state index is 0.0422. The number of rotatable bonds is 4. The molecule has 124 valence electrons. The van der Waals surface area contributed by atoms with E-state index in [-0.39, 0.29) is 6.61 Å². The number of nitrogens with zero attached hydrogens (tertiary/aromatic N) is 4. The molecule has 0 saturated carbocycles. The van der Waals surface area contributed by atoms with Crippen LogP contribution in [0.25, 0.3) is 17.1 Å². The Morgan fingerprint density at radius 1 is 1.12 bits per heavy atom. The van der Waals surface area contributed by atoms with E-state index >= 15 is 0 Å². The predicted molar refractivity (Wildman–Crippen MR) is 94.2 cm³/mol. The van der Waals surface area contributed by atoms with Crippen LogP contribution in [0, 0.1) is 6.92 Å². The van der Waals surface area contributed by atoms with Gasteiger partial charge in [0.2, 0.25) is 0 Å². The number of azo groups is 1. The number of benzene rings is 1. The van der Waals surface area contributed by atoms with Crippen molar-refractivity contribution in [3.8, 4) is 11.5 Å². The van der Waals surface area contributed by atoms with Gasteiger partial charge in [0.1, 0.15) is 5.65 Å². The Bertz CT molecular complexity index is 1050. The number of pyridine rings is 1. The molecule has 0 aliphatic carbocycles. The Hall–Kier alpha value is -3.25. The maximum atomic E-state index is 9.34. The molecule has 0 radical (unpaired) electrons. The third-order valence-corrected chi connectivity index (χ3v) is 3.97. The average molecular weight is 332 g/mol. The second-order valence-corrected chi connectivity index (χ2v) is 5.67. The van der Waals surface area contributed by atoms with Crippen molar-refractivity contribution in [2.24, 2.45) is 10.2 Å². The van der Waals surface area contributed by atoms with Crippen molar-refractivity contribution >= 4 is 17.2 Å². The van der Waals surface area contributed by atoms with Crippen molar-refractivity contribution in [2.75, 3.05) is 0 Å². The topological polar surface area (TPSA) is 75.4 Å². The number of imidazole rings is 1. The van der Waals surface area contributed by atoms with Crippen molar-refractivity contribution in [1.82, 2.24) is 9.38 Å². The van der Waals surface area contributed by atoms with Gasteiger partial charge >= 0.3 is 0 Å². The fourth-order valence-electron chi connectivity index (χ4n) is 2.62. The van der Waals surface area contributed by atoms with Crippen LogP contribution >= 0.6 is 0 Å². The van der Waals surface area contributed by atoms with Crippen LogP contribution in [-0.4, -0.2) is 14.5 Å². The molecule has 0 saturated heterocycles. The molecule has 0 spiro atoms. The molecule has 4 rings (SSSR count). The van der Waals surface area contributed by atoms with Gasteiger partial charge in [-0.25, -0.2) is 4.98 Å². The molecule has 0 aliphatic heterocycles. The molecule has 0 bridgehead atoms. The van der Waals surface area contributed by atoms with Gasteiger partial charge in [-0.1, -0.05) is 18.2 Å². The summed E-state index contributed by atoms with van der Waals surface area (Å²) in [6.07, 6.45) is 3.42. The Morgan fingerprint density at radius 3 is 2.76 bits per heavy atom. The molecule has 3 heterocycles. The van der Waals surface area contributed by atoms with Crippen LogP contribution in [-0.2, 0) is 6.61 Å². The summed E-state index contributed by atoms with van der Waals surface area (Å²) in [4.78, 5) is 4.60. The summed E-state index contributed by atoms with van der Waals surface area (Å²) in [7, 11) is 0. The monoisotopic (exact) mass is 332 g/mol. The molecule has 0 amide bonds. The number of aryl methyl sites for hydroxylation is 1. The number of aliphatic hydroxyl groups is 1. The SMILES string of the molecule is Cc1ccccc1N=Nc1c(-c2ccco2)nc2cc(CO)ccn12. The van der Waals surface area contributed by atoms with Gasteiger partial charge in [0.05, 0.1) is 18.6 Å². The van der Waals surface area contributed by atoms with E-state index < -0.39 is 0 Å². The third-order valence-electron chi connectivity index (χ3n) is 3.97. The first-order chi connectivity index (χ1) is 12.3. The molecule has 1 N–H and O–H groups in total. The lowest BCUT2D eigenvalue weighted by Crippen LogP contribution is -1.88. The highest BCUT2D eigenvalue weighted by molar-refractivity contribution is 5.71. The standard InChI is InChI=1S/C19H16N4O2/c1-13-5-2-3-6-15(13)21-22-19-18(16-7-4-10-25-16)20-17-11-14(12-24)8-9-23(17)19/h2-11,24H,12H2,1H3. The maximum Gasteiger partial charge on any atom is 0.190 e. The first kappa shape index (κ1) is 15.3. The van der Waals surface area contributed by atoms with Crippen molar-refractivity contribution in [3.05, 3.63) is 72.1 Å². The van der Waals surface area contributed by atoms with Crippen LogP contribution in [0.4, 0.5) is 11.5 Å². The van der Waals surface area contributed by atoms with E-state index in [1.807, 2.05) is 60.0 Å². The lowest BCUT2D eigenvalue weighted by Gasteiger charge is -2.00. The predicted octanol–water partition coefficient (Wildman–Crippen LogP) is 4.81. The Labute approximate surface area is 144 Å². The number of fused-ring (bicyclic) bond motifs is 1. The van der Waals surface area contributed by atoms with Gasteiger partial charge in [-0.15, -0.1) is 10.2 Å². The molecular formula is C19H16N4O2. The third kappa shape index (κ3) is 2.83. The zero-order valence-corrected chi connectivity index (χ0v) is 13.6. The van der Waals surface area contributed by atoms with Crippen LogP contribution in [0.2, 0.25) is 0 Å². The Kier molecular flexibility index (Phi) is 3.87. The van der Waals surface area contributed by atoms with E-state index in [4.69, 9.17) is 4.42 Å². The number of hydrogen-bond acceptors (Lipinski definition) is 5. The summed E-state index contributed by atoms with van der Waals surface area (Å²) in [5.41, 5.74) is 3.91. The van der Waals surface area contributed by atoms with E-state index in [2.05, 4.69) is 15.2 Å². The summed E-state index contributed by atoms with van der Waals surface area (Å²) in [5.74, 6) is 1.20. The van der Waals surface area contributed by atoms with Crippen molar-refractivity contribution < 1.29 is 9.52 Å². The molecule has 0 atom stereocenters. The second kappa shape index (κ2) is 6.33. The molecule has 0 unspecified atom stereocenters. The minimum atomic E-state index is -0.0422. The molecule has 1 aromatic carbocycles. The van der Waals surface area contributed by atoms with Crippen molar-refractivity contribution in [2.45, 2.75) is 13.5 Å². The lowest BCUT2D eigenvalue weighted by molar-refractivity contribution is 0.282.